The number of halogens is 1. The molecule has 8 heteroatoms. The van der Waals surface area contributed by atoms with Crippen molar-refractivity contribution in [2.75, 3.05) is 13.1 Å². The van der Waals surface area contributed by atoms with E-state index in [9.17, 15) is 14.4 Å². The largest absolute Gasteiger partial charge is 0.333 e. The number of carbonyl (C=O) groups is 3. The van der Waals surface area contributed by atoms with E-state index in [1.54, 1.807) is 31.2 Å². The normalized spacial score (nSPS) is 28.8. The molecule has 3 unspecified atom stereocenters. The first-order chi connectivity index (χ1) is 11.3. The van der Waals surface area contributed by atoms with Crippen molar-refractivity contribution < 1.29 is 14.4 Å². The molecular formula is C17H23ClN4O3. The molecule has 25 heavy (non-hydrogen) atoms. The van der Waals surface area contributed by atoms with Crippen molar-refractivity contribution in [3.8, 4) is 0 Å². The van der Waals surface area contributed by atoms with Gasteiger partial charge in [0.25, 0.3) is 11.8 Å². The van der Waals surface area contributed by atoms with Crippen LogP contribution in [0.4, 0.5) is 4.79 Å². The van der Waals surface area contributed by atoms with Crippen molar-refractivity contribution in [2.45, 2.75) is 38.4 Å². The van der Waals surface area contributed by atoms with Gasteiger partial charge in [0.1, 0.15) is 5.54 Å². The minimum atomic E-state index is -1.10. The monoisotopic (exact) mass is 366 g/mol. The number of hydrogen-bond acceptors (Lipinski definition) is 4. The maximum atomic E-state index is 12.7. The average molecular weight is 367 g/mol. The summed E-state index contributed by atoms with van der Waals surface area (Å²) in [5, 5.41) is 8.20. The number of carbonyl (C=O) groups excluding carboxylic acids is 3. The lowest BCUT2D eigenvalue weighted by Gasteiger charge is -2.38. The number of urea groups is 1. The summed E-state index contributed by atoms with van der Waals surface area (Å²) in [7, 11) is 0. The van der Waals surface area contributed by atoms with Gasteiger partial charge in [0, 0.05) is 30.7 Å². The second-order valence-corrected chi connectivity index (χ2v) is 6.59. The SMILES string of the molecule is CC1NCCN(C(=O)c2ccc(C3(C)NC(=O)NC3=O)cc2)C1C.Cl. The minimum absolute atomic E-state index is 0. The summed E-state index contributed by atoms with van der Waals surface area (Å²) in [6.45, 7) is 7.18. The van der Waals surface area contributed by atoms with Gasteiger partial charge in [-0.1, -0.05) is 12.1 Å². The van der Waals surface area contributed by atoms with Crippen LogP contribution in [0.15, 0.2) is 24.3 Å². The van der Waals surface area contributed by atoms with Crippen LogP contribution in [0.2, 0.25) is 0 Å². The molecule has 4 amide bonds. The van der Waals surface area contributed by atoms with Crippen LogP contribution in [0.5, 0.6) is 0 Å². The molecule has 0 saturated carbocycles. The van der Waals surface area contributed by atoms with E-state index < -0.39 is 17.5 Å². The van der Waals surface area contributed by atoms with Crippen LogP contribution in [-0.2, 0) is 10.3 Å². The molecule has 0 radical (unpaired) electrons. The first-order valence-electron chi connectivity index (χ1n) is 8.11. The van der Waals surface area contributed by atoms with E-state index in [2.05, 4.69) is 22.9 Å². The third-order valence-electron chi connectivity index (χ3n) is 5.05. The van der Waals surface area contributed by atoms with Gasteiger partial charge in [-0.3, -0.25) is 14.9 Å². The van der Waals surface area contributed by atoms with Gasteiger partial charge in [0.05, 0.1) is 0 Å². The maximum Gasteiger partial charge on any atom is 0.322 e. The molecule has 2 aliphatic heterocycles. The molecule has 2 heterocycles. The highest BCUT2D eigenvalue weighted by Crippen LogP contribution is 2.25. The first kappa shape index (κ1) is 19.2. The number of rotatable bonds is 2. The molecule has 2 saturated heterocycles. The number of hydrogen-bond donors (Lipinski definition) is 3. The van der Waals surface area contributed by atoms with Gasteiger partial charge in [-0.2, -0.15) is 0 Å². The van der Waals surface area contributed by atoms with Gasteiger partial charge in [0.2, 0.25) is 0 Å². The van der Waals surface area contributed by atoms with Crippen LogP contribution < -0.4 is 16.0 Å². The third kappa shape index (κ3) is 3.34. The first-order valence-corrected chi connectivity index (χ1v) is 8.11. The Bertz CT molecular complexity index is 694. The molecule has 136 valence electrons. The summed E-state index contributed by atoms with van der Waals surface area (Å²) in [5.74, 6) is -0.413. The highest BCUT2D eigenvalue weighted by Gasteiger charge is 2.43. The molecule has 0 aliphatic carbocycles. The highest BCUT2D eigenvalue weighted by molar-refractivity contribution is 6.07. The average Bonchev–Trinajstić information content (AvgIpc) is 2.83. The Hall–Kier alpha value is -2.12. The Labute approximate surface area is 152 Å². The third-order valence-corrected chi connectivity index (χ3v) is 5.05. The van der Waals surface area contributed by atoms with Crippen molar-refractivity contribution in [2.24, 2.45) is 0 Å². The Morgan fingerprint density at radius 1 is 1.20 bits per heavy atom. The summed E-state index contributed by atoms with van der Waals surface area (Å²) >= 11 is 0. The van der Waals surface area contributed by atoms with Crippen LogP contribution >= 0.6 is 12.4 Å². The van der Waals surface area contributed by atoms with Crippen LogP contribution in [0, 0.1) is 0 Å². The van der Waals surface area contributed by atoms with Crippen molar-refractivity contribution >= 4 is 30.3 Å². The van der Waals surface area contributed by atoms with Crippen molar-refractivity contribution in [3.63, 3.8) is 0 Å². The molecule has 0 spiro atoms. The Morgan fingerprint density at radius 2 is 1.84 bits per heavy atom. The molecule has 7 nitrogen and oxygen atoms in total. The lowest BCUT2D eigenvalue weighted by Crippen LogP contribution is -2.57. The molecule has 0 aromatic heterocycles. The lowest BCUT2D eigenvalue weighted by molar-refractivity contribution is -0.123. The number of piperazine rings is 1. The fraction of sp³-hybridized carbons (Fsp3) is 0.471. The van der Waals surface area contributed by atoms with Crippen molar-refractivity contribution in [3.05, 3.63) is 35.4 Å². The second kappa shape index (κ2) is 7.01. The molecule has 3 N–H and O–H groups in total. The number of nitrogens with one attached hydrogen (secondary N) is 3. The Balaban J connectivity index is 0.00000225. The quantitative estimate of drug-likeness (QED) is 0.681. The molecule has 1 aromatic carbocycles. The smallest absolute Gasteiger partial charge is 0.322 e. The zero-order valence-corrected chi connectivity index (χ0v) is 15.3. The predicted octanol–water partition coefficient (Wildman–Crippen LogP) is 0.985. The van der Waals surface area contributed by atoms with Crippen LogP contribution in [0.3, 0.4) is 0 Å². The molecule has 3 atom stereocenters. The standard InChI is InChI=1S/C17H22N4O3.ClH/c1-10-11(2)21(9-8-18-10)14(22)12-4-6-13(7-5-12)17(3)15(23)19-16(24)20-17;/h4-7,10-11,18H,8-9H2,1-3H3,(H2,19,20,23,24);1H. The zero-order valence-electron chi connectivity index (χ0n) is 14.5. The van der Waals surface area contributed by atoms with E-state index in [1.807, 2.05) is 11.8 Å². The van der Waals surface area contributed by atoms with E-state index in [4.69, 9.17) is 0 Å². The van der Waals surface area contributed by atoms with Crippen molar-refractivity contribution in [1.29, 1.82) is 0 Å². The Morgan fingerprint density at radius 3 is 2.40 bits per heavy atom. The van der Waals surface area contributed by atoms with E-state index in [-0.39, 0.29) is 30.4 Å². The Kier molecular flexibility index (Phi) is 5.39. The summed E-state index contributed by atoms with van der Waals surface area (Å²) in [6.07, 6.45) is 0. The molecule has 2 fully saturated rings. The fourth-order valence-corrected chi connectivity index (χ4v) is 3.20. The predicted molar refractivity (Wildman–Crippen MR) is 95.7 cm³/mol. The van der Waals surface area contributed by atoms with Crippen LogP contribution in [0.25, 0.3) is 0 Å². The summed E-state index contributed by atoms with van der Waals surface area (Å²) in [4.78, 5) is 38.0. The molecule has 1 aromatic rings. The minimum Gasteiger partial charge on any atom is -0.333 e. The van der Waals surface area contributed by atoms with E-state index in [1.165, 1.54) is 0 Å². The number of benzene rings is 1. The topological polar surface area (TPSA) is 90.5 Å². The molecule has 2 aliphatic rings. The zero-order chi connectivity index (χ0) is 17.5. The van der Waals surface area contributed by atoms with Crippen molar-refractivity contribution in [1.82, 2.24) is 20.9 Å². The van der Waals surface area contributed by atoms with Crippen LogP contribution in [0.1, 0.15) is 36.7 Å². The van der Waals surface area contributed by atoms with E-state index in [0.717, 1.165) is 6.54 Å². The van der Waals surface area contributed by atoms with Gasteiger partial charge in [-0.25, -0.2) is 4.79 Å². The summed E-state index contributed by atoms with van der Waals surface area (Å²) < 4.78 is 0. The summed E-state index contributed by atoms with van der Waals surface area (Å²) in [5.41, 5.74) is 0.118. The molecular weight excluding hydrogens is 344 g/mol. The number of nitrogens with zero attached hydrogens (tertiary/aromatic N) is 1. The highest BCUT2D eigenvalue weighted by atomic mass is 35.5. The van der Waals surface area contributed by atoms with E-state index >= 15 is 0 Å². The van der Waals surface area contributed by atoms with Gasteiger partial charge >= 0.3 is 6.03 Å². The van der Waals surface area contributed by atoms with E-state index in [0.29, 0.717) is 17.7 Å². The summed E-state index contributed by atoms with van der Waals surface area (Å²) in [6, 6.07) is 6.71. The van der Waals surface area contributed by atoms with Crippen LogP contribution in [-0.4, -0.2) is 47.9 Å². The van der Waals surface area contributed by atoms with Gasteiger partial charge in [0.15, 0.2) is 0 Å². The van der Waals surface area contributed by atoms with Gasteiger partial charge in [-0.15, -0.1) is 12.4 Å². The molecule has 0 bridgehead atoms. The fourth-order valence-electron chi connectivity index (χ4n) is 3.20. The molecule has 3 rings (SSSR count). The lowest BCUT2D eigenvalue weighted by atomic mass is 9.91. The second-order valence-electron chi connectivity index (χ2n) is 6.59. The van der Waals surface area contributed by atoms with Gasteiger partial charge < -0.3 is 15.5 Å². The number of amides is 4. The maximum absolute atomic E-state index is 12.7. The number of imide groups is 1. The van der Waals surface area contributed by atoms with Gasteiger partial charge in [-0.05, 0) is 38.5 Å².